The number of thioether (sulfide) groups is 1. The normalized spacial score (nSPS) is 20.9. The molecule has 1 aliphatic heterocycles. The van der Waals surface area contributed by atoms with E-state index in [0.29, 0.717) is 11.6 Å². The Hall–Kier alpha value is -2.02. The molecule has 3 N–H and O–H groups in total. The van der Waals surface area contributed by atoms with Crippen LogP contribution in [0.25, 0.3) is 0 Å². The van der Waals surface area contributed by atoms with Crippen LogP contribution in [0.15, 0.2) is 24.3 Å². The van der Waals surface area contributed by atoms with Gasteiger partial charge in [0, 0.05) is 17.9 Å². The first-order chi connectivity index (χ1) is 10.9. The van der Waals surface area contributed by atoms with Crippen molar-refractivity contribution < 1.29 is 19.5 Å². The predicted octanol–water partition coefficient (Wildman–Crippen LogP) is 1.82. The van der Waals surface area contributed by atoms with Gasteiger partial charge < -0.3 is 15.7 Å². The molecule has 0 radical (unpaired) electrons. The van der Waals surface area contributed by atoms with Crippen molar-refractivity contribution >= 4 is 35.2 Å². The average molecular weight is 336 g/mol. The van der Waals surface area contributed by atoms with E-state index >= 15 is 0 Å². The number of carboxylic acids is 1. The van der Waals surface area contributed by atoms with E-state index in [0.717, 1.165) is 0 Å². The first kappa shape index (κ1) is 17.3. The highest BCUT2D eigenvalue weighted by Crippen LogP contribution is 2.22. The number of anilines is 1. The molecule has 0 aromatic heterocycles. The summed E-state index contributed by atoms with van der Waals surface area (Å²) in [6, 6.07) is 6.71. The minimum atomic E-state index is -1.06. The summed E-state index contributed by atoms with van der Waals surface area (Å²) in [5.74, 6) is -1.03. The van der Waals surface area contributed by atoms with Crippen molar-refractivity contribution in [2.24, 2.45) is 0 Å². The van der Waals surface area contributed by atoms with Gasteiger partial charge in [0.05, 0.1) is 5.25 Å². The second-order valence-corrected chi connectivity index (χ2v) is 6.99. The smallest absolute Gasteiger partial charge is 0.327 e. The molecule has 7 heteroatoms. The maximum atomic E-state index is 12.0. The fraction of sp³-hybridized carbons (Fsp3) is 0.438. The van der Waals surface area contributed by atoms with Crippen LogP contribution in [0.1, 0.15) is 31.7 Å². The Kier molecular flexibility index (Phi) is 5.65. The summed E-state index contributed by atoms with van der Waals surface area (Å²) >= 11 is 1.20. The van der Waals surface area contributed by atoms with Gasteiger partial charge in [-0.1, -0.05) is 26.0 Å². The van der Waals surface area contributed by atoms with Gasteiger partial charge in [-0.05, 0) is 23.6 Å². The summed E-state index contributed by atoms with van der Waals surface area (Å²) in [4.78, 5) is 34.7. The van der Waals surface area contributed by atoms with E-state index in [-0.39, 0.29) is 18.1 Å². The molecule has 2 rings (SSSR count). The third-order valence-electron chi connectivity index (χ3n) is 3.60. The largest absolute Gasteiger partial charge is 0.480 e. The fourth-order valence-corrected chi connectivity index (χ4v) is 3.35. The molecule has 2 amide bonds. The summed E-state index contributed by atoms with van der Waals surface area (Å²) in [7, 11) is 0. The summed E-state index contributed by atoms with van der Waals surface area (Å²) in [5.41, 5.74) is 1.87. The SMILES string of the molecule is CC(C)c1ccc(NC(=O)C[C@@H]2SC[C@@H](C(=O)O)NC2=O)cc1. The summed E-state index contributed by atoms with van der Waals surface area (Å²) in [5, 5.41) is 13.5. The highest BCUT2D eigenvalue weighted by atomic mass is 32.2. The Morgan fingerprint density at radius 1 is 1.35 bits per heavy atom. The predicted molar refractivity (Wildman–Crippen MR) is 89.6 cm³/mol. The van der Waals surface area contributed by atoms with Gasteiger partial charge in [-0.15, -0.1) is 11.8 Å². The first-order valence-corrected chi connectivity index (χ1v) is 8.46. The third-order valence-corrected chi connectivity index (χ3v) is 4.91. The zero-order valence-electron chi connectivity index (χ0n) is 13.0. The number of aliphatic carboxylic acids is 1. The second kappa shape index (κ2) is 7.50. The van der Waals surface area contributed by atoms with Crippen LogP contribution in [0.4, 0.5) is 5.69 Å². The lowest BCUT2D eigenvalue weighted by atomic mass is 10.0. The Labute approximate surface area is 139 Å². The molecule has 0 spiro atoms. The topological polar surface area (TPSA) is 95.5 Å². The van der Waals surface area contributed by atoms with Crippen LogP contribution in [0.5, 0.6) is 0 Å². The summed E-state index contributed by atoms with van der Waals surface area (Å²) in [6.45, 7) is 4.19. The van der Waals surface area contributed by atoms with Gasteiger partial charge >= 0.3 is 5.97 Å². The lowest BCUT2D eigenvalue weighted by Gasteiger charge is -2.25. The highest BCUT2D eigenvalue weighted by molar-refractivity contribution is 8.00. The Bertz CT molecular complexity index is 601. The van der Waals surface area contributed by atoms with Crippen LogP contribution >= 0.6 is 11.8 Å². The van der Waals surface area contributed by atoms with Crippen molar-refractivity contribution in [1.29, 1.82) is 0 Å². The maximum absolute atomic E-state index is 12.0. The zero-order valence-corrected chi connectivity index (χ0v) is 13.9. The lowest BCUT2D eigenvalue weighted by Crippen LogP contribution is -2.51. The zero-order chi connectivity index (χ0) is 17.0. The Balaban J connectivity index is 1.87. The van der Waals surface area contributed by atoms with Crippen LogP contribution in [0, 0.1) is 0 Å². The number of carbonyl (C=O) groups excluding carboxylic acids is 2. The molecule has 6 nitrogen and oxygen atoms in total. The van der Waals surface area contributed by atoms with Gasteiger partial charge in [0.2, 0.25) is 11.8 Å². The van der Waals surface area contributed by atoms with Gasteiger partial charge in [0.25, 0.3) is 0 Å². The highest BCUT2D eigenvalue weighted by Gasteiger charge is 2.33. The van der Waals surface area contributed by atoms with Crippen molar-refractivity contribution in [3.8, 4) is 0 Å². The molecule has 1 saturated heterocycles. The van der Waals surface area contributed by atoms with Crippen LogP contribution in [0.2, 0.25) is 0 Å². The molecule has 1 aliphatic rings. The van der Waals surface area contributed by atoms with E-state index in [1.54, 1.807) is 0 Å². The van der Waals surface area contributed by atoms with Crippen molar-refractivity contribution in [1.82, 2.24) is 5.32 Å². The van der Waals surface area contributed by atoms with E-state index in [2.05, 4.69) is 24.5 Å². The molecule has 1 fully saturated rings. The van der Waals surface area contributed by atoms with Crippen molar-refractivity contribution in [3.63, 3.8) is 0 Å². The van der Waals surface area contributed by atoms with Crippen molar-refractivity contribution in [2.45, 2.75) is 37.5 Å². The van der Waals surface area contributed by atoms with Crippen LogP contribution in [0.3, 0.4) is 0 Å². The molecular weight excluding hydrogens is 316 g/mol. The van der Waals surface area contributed by atoms with E-state index in [4.69, 9.17) is 5.11 Å². The Morgan fingerprint density at radius 3 is 2.52 bits per heavy atom. The van der Waals surface area contributed by atoms with Crippen LogP contribution in [-0.4, -0.2) is 39.9 Å². The molecule has 23 heavy (non-hydrogen) atoms. The van der Waals surface area contributed by atoms with Crippen LogP contribution < -0.4 is 10.6 Å². The number of benzene rings is 1. The van der Waals surface area contributed by atoms with Crippen LogP contribution in [-0.2, 0) is 14.4 Å². The molecular formula is C16H20N2O4S. The minimum Gasteiger partial charge on any atom is -0.480 e. The number of carboxylic acid groups (broad SMARTS) is 1. The molecule has 1 aromatic carbocycles. The number of hydrogen-bond donors (Lipinski definition) is 3. The summed E-state index contributed by atoms with van der Waals surface area (Å²) < 4.78 is 0. The molecule has 0 unspecified atom stereocenters. The standard InChI is InChI=1S/C16H20N2O4S/c1-9(2)10-3-5-11(6-4-10)17-14(19)7-13-15(20)18-12(8-23-13)16(21)22/h3-6,9,12-13H,7-8H2,1-2H3,(H,17,19)(H,18,20)(H,21,22)/t12-,13-/m0/s1. The number of nitrogens with one attached hydrogen (secondary N) is 2. The van der Waals surface area contributed by atoms with E-state index in [1.807, 2.05) is 24.3 Å². The molecule has 0 bridgehead atoms. The number of hydrogen-bond acceptors (Lipinski definition) is 4. The van der Waals surface area contributed by atoms with Gasteiger partial charge in [0.1, 0.15) is 6.04 Å². The third kappa shape index (κ3) is 4.72. The van der Waals surface area contributed by atoms with Crippen molar-refractivity contribution in [3.05, 3.63) is 29.8 Å². The molecule has 2 atom stereocenters. The quantitative estimate of drug-likeness (QED) is 0.762. The van der Waals surface area contributed by atoms with E-state index < -0.39 is 23.2 Å². The van der Waals surface area contributed by atoms with Gasteiger partial charge in [0.15, 0.2) is 0 Å². The van der Waals surface area contributed by atoms with Gasteiger partial charge in [-0.2, -0.15) is 0 Å². The maximum Gasteiger partial charge on any atom is 0.327 e. The number of rotatable bonds is 5. The molecule has 0 saturated carbocycles. The molecule has 0 aliphatic carbocycles. The van der Waals surface area contributed by atoms with Gasteiger partial charge in [-0.25, -0.2) is 4.79 Å². The monoisotopic (exact) mass is 336 g/mol. The average Bonchev–Trinajstić information content (AvgIpc) is 2.49. The molecule has 1 aromatic rings. The van der Waals surface area contributed by atoms with E-state index in [9.17, 15) is 14.4 Å². The fourth-order valence-electron chi connectivity index (χ4n) is 2.21. The lowest BCUT2D eigenvalue weighted by molar-refractivity contribution is -0.141. The molecule has 1 heterocycles. The summed E-state index contributed by atoms with van der Waals surface area (Å²) in [6.07, 6.45) is 0.0226. The van der Waals surface area contributed by atoms with Gasteiger partial charge in [-0.3, -0.25) is 9.59 Å². The van der Waals surface area contributed by atoms with E-state index in [1.165, 1.54) is 17.3 Å². The second-order valence-electron chi connectivity index (χ2n) is 5.75. The minimum absolute atomic E-state index is 0.0226. The van der Waals surface area contributed by atoms with Crippen molar-refractivity contribution in [2.75, 3.05) is 11.1 Å². The first-order valence-electron chi connectivity index (χ1n) is 7.41. The molecule has 124 valence electrons. The number of carbonyl (C=O) groups is 3. The Morgan fingerprint density at radius 2 is 2.00 bits per heavy atom. The number of amides is 2.